The Morgan fingerprint density at radius 3 is 2.49 bits per heavy atom. The van der Waals surface area contributed by atoms with E-state index >= 15 is 0 Å². The van der Waals surface area contributed by atoms with Crippen LogP contribution in [0.5, 0.6) is 0 Å². The Balaban J connectivity index is 1.47. The minimum atomic E-state index is -0.178. The molecule has 0 aliphatic carbocycles. The number of carbonyl (C=O) groups is 1. The van der Waals surface area contributed by atoms with Gasteiger partial charge in [-0.1, -0.05) is 66.4 Å². The first-order valence-corrected chi connectivity index (χ1v) is 12.5. The molecule has 0 spiro atoms. The summed E-state index contributed by atoms with van der Waals surface area (Å²) in [6, 6.07) is 23.8. The first-order chi connectivity index (χ1) is 17.0. The number of aromatic nitrogens is 3. The summed E-state index contributed by atoms with van der Waals surface area (Å²) in [6.07, 6.45) is 0.768. The molecule has 1 amide bonds. The van der Waals surface area contributed by atoms with Crippen molar-refractivity contribution in [1.82, 2.24) is 19.9 Å². The maximum atomic E-state index is 13.7. The summed E-state index contributed by atoms with van der Waals surface area (Å²) in [5, 5.41) is 4.36. The van der Waals surface area contributed by atoms with Gasteiger partial charge in [0.2, 0.25) is 5.91 Å². The highest BCUT2D eigenvalue weighted by molar-refractivity contribution is 7.99. The van der Waals surface area contributed by atoms with Crippen molar-refractivity contribution in [2.75, 3.05) is 12.3 Å². The summed E-state index contributed by atoms with van der Waals surface area (Å²) in [5.74, 6) is 0.0751. The zero-order valence-corrected chi connectivity index (χ0v) is 20.5. The van der Waals surface area contributed by atoms with Gasteiger partial charge in [-0.2, -0.15) is 0 Å². The highest BCUT2D eigenvalue weighted by Crippen LogP contribution is 2.27. The van der Waals surface area contributed by atoms with Crippen molar-refractivity contribution in [3.63, 3.8) is 0 Å². The lowest BCUT2D eigenvalue weighted by Crippen LogP contribution is -2.28. The number of H-pyrrole nitrogens is 1. The summed E-state index contributed by atoms with van der Waals surface area (Å²) in [4.78, 5) is 34.4. The Bertz CT molecular complexity index is 1570. The maximum Gasteiger partial charge on any atom is 0.283 e. The molecule has 0 radical (unpaired) electrons. The van der Waals surface area contributed by atoms with Crippen LogP contribution in [0.4, 0.5) is 0 Å². The van der Waals surface area contributed by atoms with Crippen LogP contribution in [0.2, 0.25) is 0 Å². The third-order valence-corrected chi connectivity index (χ3v) is 6.81. The van der Waals surface area contributed by atoms with Gasteiger partial charge in [0.1, 0.15) is 11.0 Å². The number of benzene rings is 3. The fourth-order valence-electron chi connectivity index (χ4n) is 4.32. The van der Waals surface area contributed by atoms with Crippen LogP contribution in [0.3, 0.4) is 0 Å². The fourth-order valence-corrected chi connectivity index (χ4v) is 5.15. The quantitative estimate of drug-likeness (QED) is 0.255. The fraction of sp³-hybridized carbons (Fsp3) is 0.179. The molecule has 7 heteroatoms. The number of nitrogens with one attached hydrogen (secondary N) is 2. The van der Waals surface area contributed by atoms with Crippen LogP contribution in [-0.4, -0.2) is 32.7 Å². The molecule has 0 aliphatic heterocycles. The molecule has 6 nitrogen and oxygen atoms in total. The van der Waals surface area contributed by atoms with Crippen LogP contribution in [-0.2, 0) is 11.2 Å². The average Bonchev–Trinajstić information content (AvgIpc) is 3.22. The van der Waals surface area contributed by atoms with Gasteiger partial charge in [-0.3, -0.25) is 14.2 Å². The normalized spacial score (nSPS) is 11.3. The SMILES string of the molecule is Cc1cc(C)cc(-n2c(SCC(=O)NCCc3ccccc3)nc3c([nH]c4ccccc43)c2=O)c1. The van der Waals surface area contributed by atoms with E-state index in [2.05, 4.69) is 16.4 Å². The Labute approximate surface area is 207 Å². The van der Waals surface area contributed by atoms with Gasteiger partial charge in [0.05, 0.1) is 11.4 Å². The number of aromatic amines is 1. The zero-order valence-electron chi connectivity index (χ0n) is 19.7. The number of fused-ring (bicyclic) bond motifs is 3. The highest BCUT2D eigenvalue weighted by Gasteiger charge is 2.18. The van der Waals surface area contributed by atoms with Gasteiger partial charge in [-0.25, -0.2) is 4.98 Å². The molecule has 0 unspecified atom stereocenters. The van der Waals surface area contributed by atoms with Crippen LogP contribution in [0, 0.1) is 13.8 Å². The van der Waals surface area contributed by atoms with E-state index in [-0.39, 0.29) is 17.2 Å². The minimum Gasteiger partial charge on any atom is -0.355 e. The Morgan fingerprint density at radius 1 is 1.00 bits per heavy atom. The topological polar surface area (TPSA) is 79.8 Å². The number of nitrogens with zero attached hydrogens (tertiary/aromatic N) is 2. The number of hydrogen-bond donors (Lipinski definition) is 2. The number of para-hydroxylation sites is 1. The summed E-state index contributed by atoms with van der Waals surface area (Å²) in [5.41, 5.74) is 5.79. The molecule has 2 N–H and O–H groups in total. The lowest BCUT2D eigenvalue weighted by atomic mass is 10.1. The van der Waals surface area contributed by atoms with Gasteiger partial charge in [-0.05, 0) is 55.2 Å². The molecule has 2 aromatic heterocycles. The predicted molar refractivity (Wildman–Crippen MR) is 143 cm³/mol. The standard InChI is InChI=1S/C28H26N4O2S/c1-18-14-19(2)16-21(15-18)32-27(34)26-25(22-10-6-7-11-23(22)30-26)31-28(32)35-17-24(33)29-13-12-20-8-4-3-5-9-20/h3-11,14-16,30H,12-13,17H2,1-2H3,(H,29,33). The number of amides is 1. The van der Waals surface area contributed by atoms with Gasteiger partial charge in [0.25, 0.3) is 5.56 Å². The molecule has 0 saturated heterocycles. The largest absolute Gasteiger partial charge is 0.355 e. The predicted octanol–water partition coefficient (Wildman–Crippen LogP) is 4.93. The smallest absolute Gasteiger partial charge is 0.283 e. The van der Waals surface area contributed by atoms with E-state index in [9.17, 15) is 9.59 Å². The van der Waals surface area contributed by atoms with Crippen LogP contribution >= 0.6 is 11.8 Å². The number of thioether (sulfide) groups is 1. The van der Waals surface area contributed by atoms with Crippen LogP contribution in [0.25, 0.3) is 27.6 Å². The molecule has 0 fully saturated rings. The van der Waals surface area contributed by atoms with Crippen molar-refractivity contribution in [2.24, 2.45) is 0 Å². The summed E-state index contributed by atoms with van der Waals surface area (Å²) in [6.45, 7) is 4.56. The molecule has 176 valence electrons. The van der Waals surface area contributed by atoms with Crippen molar-refractivity contribution in [3.8, 4) is 5.69 Å². The van der Waals surface area contributed by atoms with E-state index in [0.717, 1.165) is 34.1 Å². The molecule has 5 aromatic rings. The first-order valence-electron chi connectivity index (χ1n) is 11.5. The lowest BCUT2D eigenvalue weighted by molar-refractivity contribution is -0.118. The number of rotatable bonds is 7. The van der Waals surface area contributed by atoms with E-state index < -0.39 is 0 Å². The maximum absolute atomic E-state index is 13.7. The number of hydrogen-bond acceptors (Lipinski definition) is 4. The zero-order chi connectivity index (χ0) is 24.4. The van der Waals surface area contributed by atoms with Gasteiger partial charge in [0.15, 0.2) is 5.16 Å². The van der Waals surface area contributed by atoms with Gasteiger partial charge in [-0.15, -0.1) is 0 Å². The second-order valence-corrected chi connectivity index (χ2v) is 9.59. The Morgan fingerprint density at radius 2 is 1.71 bits per heavy atom. The Hall–Kier alpha value is -3.84. The van der Waals surface area contributed by atoms with E-state index in [4.69, 9.17) is 4.98 Å². The summed E-state index contributed by atoms with van der Waals surface area (Å²) in [7, 11) is 0. The molecule has 0 aliphatic rings. The molecule has 2 heterocycles. The molecule has 35 heavy (non-hydrogen) atoms. The highest BCUT2D eigenvalue weighted by atomic mass is 32.2. The third-order valence-electron chi connectivity index (χ3n) is 5.87. The molecule has 0 saturated carbocycles. The van der Waals surface area contributed by atoms with E-state index in [1.807, 2.05) is 80.6 Å². The van der Waals surface area contributed by atoms with Crippen LogP contribution < -0.4 is 10.9 Å². The van der Waals surface area contributed by atoms with Gasteiger partial charge < -0.3 is 10.3 Å². The second kappa shape index (κ2) is 9.80. The van der Waals surface area contributed by atoms with E-state index in [1.54, 1.807) is 4.57 Å². The lowest BCUT2D eigenvalue weighted by Gasteiger charge is -2.13. The molecular weight excluding hydrogens is 456 g/mol. The van der Waals surface area contributed by atoms with Crippen LogP contribution in [0.1, 0.15) is 16.7 Å². The third kappa shape index (κ3) is 4.86. The summed E-state index contributed by atoms with van der Waals surface area (Å²) >= 11 is 1.27. The first kappa shape index (κ1) is 22.9. The molecule has 5 rings (SSSR count). The monoisotopic (exact) mass is 482 g/mol. The molecular formula is C28H26N4O2S. The molecule has 3 aromatic carbocycles. The average molecular weight is 483 g/mol. The Kier molecular flexibility index (Phi) is 6.42. The van der Waals surface area contributed by atoms with Crippen molar-refractivity contribution in [3.05, 3.63) is 99.8 Å². The van der Waals surface area contributed by atoms with Gasteiger partial charge in [0, 0.05) is 17.4 Å². The van der Waals surface area contributed by atoms with E-state index in [1.165, 1.54) is 17.3 Å². The molecule has 0 bridgehead atoms. The van der Waals surface area contributed by atoms with Gasteiger partial charge >= 0.3 is 0 Å². The van der Waals surface area contributed by atoms with Crippen molar-refractivity contribution >= 4 is 39.6 Å². The van der Waals surface area contributed by atoms with E-state index in [0.29, 0.717) is 22.7 Å². The number of carbonyl (C=O) groups excluding carboxylic acids is 1. The van der Waals surface area contributed by atoms with Crippen molar-refractivity contribution in [1.29, 1.82) is 0 Å². The minimum absolute atomic E-state index is 0.0915. The molecule has 0 atom stereocenters. The van der Waals surface area contributed by atoms with Crippen LogP contribution in [0.15, 0.2) is 82.7 Å². The number of aryl methyl sites for hydroxylation is 2. The van der Waals surface area contributed by atoms with Crippen molar-refractivity contribution < 1.29 is 4.79 Å². The second-order valence-electron chi connectivity index (χ2n) is 8.65. The summed E-state index contributed by atoms with van der Waals surface area (Å²) < 4.78 is 1.61. The van der Waals surface area contributed by atoms with Crippen molar-refractivity contribution in [2.45, 2.75) is 25.4 Å².